The van der Waals surface area contributed by atoms with Crippen molar-refractivity contribution in [1.29, 1.82) is 0 Å². The Labute approximate surface area is 138 Å². The van der Waals surface area contributed by atoms with Crippen LogP contribution in [0.4, 0.5) is 5.13 Å². The van der Waals surface area contributed by atoms with Crippen molar-refractivity contribution >= 4 is 28.3 Å². The fourth-order valence-corrected chi connectivity index (χ4v) is 3.14. The second kappa shape index (κ2) is 7.36. The van der Waals surface area contributed by atoms with Gasteiger partial charge in [-0.2, -0.15) is 0 Å². The Hall–Kier alpha value is -2.22. The van der Waals surface area contributed by atoms with Gasteiger partial charge in [-0.1, -0.05) is 25.2 Å². The number of amides is 1. The van der Waals surface area contributed by atoms with Crippen LogP contribution in [0, 0.1) is 6.92 Å². The van der Waals surface area contributed by atoms with E-state index in [0.29, 0.717) is 34.1 Å². The average Bonchev–Trinajstić information content (AvgIpc) is 3.11. The zero-order valence-corrected chi connectivity index (χ0v) is 14.5. The van der Waals surface area contributed by atoms with Crippen molar-refractivity contribution < 1.29 is 14.3 Å². The van der Waals surface area contributed by atoms with Crippen molar-refractivity contribution in [1.82, 2.24) is 15.2 Å². The van der Waals surface area contributed by atoms with E-state index in [1.54, 1.807) is 6.92 Å². The van der Waals surface area contributed by atoms with Gasteiger partial charge in [-0.3, -0.25) is 10.1 Å². The van der Waals surface area contributed by atoms with Gasteiger partial charge in [0.15, 0.2) is 0 Å². The van der Waals surface area contributed by atoms with Crippen molar-refractivity contribution in [2.24, 2.45) is 0 Å². The predicted molar refractivity (Wildman–Crippen MR) is 88.1 cm³/mol. The van der Waals surface area contributed by atoms with Crippen LogP contribution in [0.25, 0.3) is 0 Å². The summed E-state index contributed by atoms with van der Waals surface area (Å²) in [6.07, 6.45) is 2.40. The molecule has 0 saturated heterocycles. The number of hydrogen-bond acceptors (Lipinski definition) is 6. The summed E-state index contributed by atoms with van der Waals surface area (Å²) >= 11 is 1.35. The van der Waals surface area contributed by atoms with Crippen molar-refractivity contribution in [2.45, 2.75) is 40.0 Å². The molecule has 0 aliphatic carbocycles. The van der Waals surface area contributed by atoms with E-state index in [2.05, 4.69) is 27.4 Å². The summed E-state index contributed by atoms with van der Waals surface area (Å²) in [5.41, 5.74) is 2.02. The standard InChI is InChI=1S/C15H20N4O3S/c1-5-7-10-18-19-15(23-10)17-13(20)12-8(3)11(14(21)22-4)9(6-2)16-12/h16H,5-7H2,1-4H3,(H,17,19,20). The maximum atomic E-state index is 12.4. The molecule has 2 rings (SSSR count). The van der Waals surface area contributed by atoms with Crippen LogP contribution in [0.3, 0.4) is 0 Å². The van der Waals surface area contributed by atoms with Gasteiger partial charge < -0.3 is 9.72 Å². The van der Waals surface area contributed by atoms with Crippen LogP contribution in [0.15, 0.2) is 0 Å². The number of nitrogens with one attached hydrogen (secondary N) is 2. The Morgan fingerprint density at radius 2 is 2.04 bits per heavy atom. The Bertz CT molecular complexity index is 720. The first kappa shape index (κ1) is 17.1. The summed E-state index contributed by atoms with van der Waals surface area (Å²) in [5, 5.41) is 12.0. The van der Waals surface area contributed by atoms with Crippen molar-refractivity contribution in [3.8, 4) is 0 Å². The zero-order valence-electron chi connectivity index (χ0n) is 13.6. The van der Waals surface area contributed by atoms with Crippen LogP contribution in [0.2, 0.25) is 0 Å². The number of nitrogens with zero attached hydrogens (tertiary/aromatic N) is 2. The third-order valence-corrected chi connectivity index (χ3v) is 4.35. The average molecular weight is 336 g/mol. The third-order valence-electron chi connectivity index (χ3n) is 3.45. The molecule has 0 aromatic carbocycles. The number of methoxy groups -OCH3 is 1. The molecule has 0 atom stereocenters. The molecule has 1 amide bonds. The fourth-order valence-electron chi connectivity index (χ4n) is 2.31. The Kier molecular flexibility index (Phi) is 5.49. The summed E-state index contributed by atoms with van der Waals surface area (Å²) in [6.45, 7) is 5.68. The van der Waals surface area contributed by atoms with Crippen LogP contribution in [-0.4, -0.2) is 34.2 Å². The lowest BCUT2D eigenvalue weighted by Gasteiger charge is -2.01. The Morgan fingerprint density at radius 1 is 1.30 bits per heavy atom. The topological polar surface area (TPSA) is 97.0 Å². The molecule has 0 fully saturated rings. The van der Waals surface area contributed by atoms with Gasteiger partial charge in [-0.05, 0) is 25.3 Å². The molecule has 0 aliphatic rings. The fraction of sp³-hybridized carbons (Fsp3) is 0.467. The minimum atomic E-state index is -0.448. The zero-order chi connectivity index (χ0) is 17.0. The van der Waals surface area contributed by atoms with Crippen molar-refractivity contribution in [3.63, 3.8) is 0 Å². The number of carbonyl (C=O) groups is 2. The van der Waals surface area contributed by atoms with Gasteiger partial charge in [-0.25, -0.2) is 4.79 Å². The first-order valence-corrected chi connectivity index (χ1v) is 8.26. The minimum absolute atomic E-state index is 0.341. The number of hydrogen-bond donors (Lipinski definition) is 2. The molecule has 0 unspecified atom stereocenters. The summed E-state index contributed by atoms with van der Waals surface area (Å²) in [5.74, 6) is -0.789. The molecular formula is C15H20N4O3S. The quantitative estimate of drug-likeness (QED) is 0.791. The normalized spacial score (nSPS) is 10.6. The molecule has 2 aromatic heterocycles. The lowest BCUT2D eigenvalue weighted by Crippen LogP contribution is -2.14. The molecule has 2 heterocycles. The second-order valence-electron chi connectivity index (χ2n) is 5.03. The number of aromatic amines is 1. The molecule has 0 aliphatic heterocycles. The Balaban J connectivity index is 2.25. The number of aromatic nitrogens is 3. The van der Waals surface area contributed by atoms with E-state index in [0.717, 1.165) is 17.8 Å². The predicted octanol–water partition coefficient (Wildman–Crippen LogP) is 2.73. The largest absolute Gasteiger partial charge is 0.465 e. The molecule has 124 valence electrons. The van der Waals surface area contributed by atoms with E-state index >= 15 is 0 Å². The molecule has 0 bridgehead atoms. The molecule has 0 spiro atoms. The van der Waals surface area contributed by atoms with E-state index in [1.807, 2.05) is 6.92 Å². The van der Waals surface area contributed by atoms with Crippen molar-refractivity contribution in [3.05, 3.63) is 27.5 Å². The van der Waals surface area contributed by atoms with Crippen LogP contribution >= 0.6 is 11.3 Å². The van der Waals surface area contributed by atoms with E-state index in [9.17, 15) is 9.59 Å². The van der Waals surface area contributed by atoms with Crippen LogP contribution in [0.5, 0.6) is 0 Å². The van der Waals surface area contributed by atoms with Gasteiger partial charge in [0, 0.05) is 12.1 Å². The lowest BCUT2D eigenvalue weighted by molar-refractivity contribution is 0.0599. The van der Waals surface area contributed by atoms with E-state index in [-0.39, 0.29) is 5.91 Å². The first-order chi connectivity index (χ1) is 11.0. The number of rotatable bonds is 6. The highest BCUT2D eigenvalue weighted by molar-refractivity contribution is 7.15. The molecular weight excluding hydrogens is 316 g/mol. The molecule has 23 heavy (non-hydrogen) atoms. The smallest absolute Gasteiger partial charge is 0.339 e. The van der Waals surface area contributed by atoms with E-state index in [1.165, 1.54) is 18.4 Å². The number of anilines is 1. The molecule has 0 radical (unpaired) electrons. The van der Waals surface area contributed by atoms with E-state index in [4.69, 9.17) is 4.74 Å². The molecule has 0 saturated carbocycles. The highest BCUT2D eigenvalue weighted by atomic mass is 32.1. The van der Waals surface area contributed by atoms with Gasteiger partial charge in [-0.15, -0.1) is 10.2 Å². The van der Waals surface area contributed by atoms with E-state index < -0.39 is 5.97 Å². The number of ether oxygens (including phenoxy) is 1. The van der Waals surface area contributed by atoms with Gasteiger partial charge in [0.25, 0.3) is 5.91 Å². The Morgan fingerprint density at radius 3 is 2.65 bits per heavy atom. The minimum Gasteiger partial charge on any atom is -0.465 e. The maximum absolute atomic E-state index is 12.4. The van der Waals surface area contributed by atoms with Gasteiger partial charge in [0.05, 0.1) is 12.7 Å². The number of carbonyl (C=O) groups excluding carboxylic acids is 2. The maximum Gasteiger partial charge on any atom is 0.339 e. The van der Waals surface area contributed by atoms with Crippen molar-refractivity contribution in [2.75, 3.05) is 12.4 Å². The molecule has 7 nitrogen and oxygen atoms in total. The van der Waals surface area contributed by atoms with Gasteiger partial charge >= 0.3 is 5.97 Å². The van der Waals surface area contributed by atoms with Crippen LogP contribution < -0.4 is 5.32 Å². The third kappa shape index (κ3) is 3.58. The van der Waals surface area contributed by atoms with Crippen LogP contribution in [0.1, 0.15) is 57.4 Å². The van der Waals surface area contributed by atoms with Gasteiger partial charge in [0.1, 0.15) is 10.7 Å². The number of H-pyrrole nitrogens is 1. The second-order valence-corrected chi connectivity index (χ2v) is 6.09. The lowest BCUT2D eigenvalue weighted by atomic mass is 10.1. The first-order valence-electron chi connectivity index (χ1n) is 7.45. The SMILES string of the molecule is CCCc1nnc(NC(=O)c2[nH]c(CC)c(C(=O)OC)c2C)s1. The highest BCUT2D eigenvalue weighted by Crippen LogP contribution is 2.22. The monoisotopic (exact) mass is 336 g/mol. The van der Waals surface area contributed by atoms with Crippen LogP contribution in [-0.2, 0) is 17.6 Å². The number of esters is 1. The molecule has 8 heteroatoms. The summed E-state index contributed by atoms with van der Waals surface area (Å²) in [7, 11) is 1.32. The number of aryl methyl sites for hydroxylation is 2. The molecule has 2 aromatic rings. The van der Waals surface area contributed by atoms with Gasteiger partial charge in [0.2, 0.25) is 5.13 Å². The summed E-state index contributed by atoms with van der Waals surface area (Å²) in [6, 6.07) is 0. The molecule has 2 N–H and O–H groups in total. The summed E-state index contributed by atoms with van der Waals surface area (Å²) < 4.78 is 4.79. The summed E-state index contributed by atoms with van der Waals surface area (Å²) in [4.78, 5) is 27.3. The highest BCUT2D eigenvalue weighted by Gasteiger charge is 2.24.